The van der Waals surface area contributed by atoms with Gasteiger partial charge in [-0.25, -0.2) is 0 Å². The Morgan fingerprint density at radius 1 is 1.67 bits per heavy atom. The zero-order valence-electron chi connectivity index (χ0n) is 4.40. The van der Waals surface area contributed by atoms with Crippen LogP contribution in [-0.2, 0) is 4.79 Å². The van der Waals surface area contributed by atoms with Crippen LogP contribution in [0.5, 0.6) is 11.5 Å². The van der Waals surface area contributed by atoms with Gasteiger partial charge in [0.2, 0.25) is 5.75 Å². The maximum Gasteiger partial charge on any atom is 0.298 e. The van der Waals surface area contributed by atoms with Crippen molar-refractivity contribution in [3.63, 3.8) is 0 Å². The van der Waals surface area contributed by atoms with Gasteiger partial charge in [-0.05, 0) is 0 Å². The van der Waals surface area contributed by atoms with Crippen LogP contribution in [0.25, 0.3) is 0 Å². The Kier molecular flexibility index (Phi) is 1.40. The predicted octanol–water partition coefficient (Wildman–Crippen LogP) is 0.520. The van der Waals surface area contributed by atoms with Gasteiger partial charge in [0.05, 0.1) is 0 Å². The van der Waals surface area contributed by atoms with Gasteiger partial charge in [-0.15, -0.1) is 0 Å². The summed E-state index contributed by atoms with van der Waals surface area (Å²) in [4.78, 5) is 9.65. The van der Waals surface area contributed by atoms with E-state index < -0.39 is 0 Å². The molecule has 0 aliphatic carbocycles. The lowest BCUT2D eigenvalue weighted by Gasteiger charge is -1.87. The first kappa shape index (κ1) is 5.68. The number of rotatable bonds is 2. The van der Waals surface area contributed by atoms with Crippen molar-refractivity contribution in [3.05, 3.63) is 12.5 Å². The zero-order chi connectivity index (χ0) is 6.69. The molecule has 1 heterocycles. The third-order valence-corrected chi connectivity index (χ3v) is 0.782. The van der Waals surface area contributed by atoms with Gasteiger partial charge in [0, 0.05) is 0 Å². The fraction of sp³-hybridized carbons (Fsp3) is 0. The largest absolute Gasteiger partial charge is 0.502 e. The van der Waals surface area contributed by atoms with Crippen molar-refractivity contribution < 1.29 is 19.1 Å². The fourth-order valence-electron chi connectivity index (χ4n) is 0.419. The number of carbonyl (C=O) groups excluding carboxylic acids is 1. The van der Waals surface area contributed by atoms with Crippen LogP contribution in [0.3, 0.4) is 0 Å². The van der Waals surface area contributed by atoms with Gasteiger partial charge in [-0.2, -0.15) is 0 Å². The minimum atomic E-state index is -0.179. The van der Waals surface area contributed by atoms with E-state index in [2.05, 4.69) is 9.15 Å². The number of carbonyl (C=O) groups is 1. The average Bonchev–Trinajstić information content (AvgIpc) is 2.18. The highest BCUT2D eigenvalue weighted by molar-refractivity contribution is 5.48. The lowest BCUT2D eigenvalue weighted by atomic mass is 10.5. The third kappa shape index (κ3) is 1.02. The molecule has 0 atom stereocenters. The Bertz CT molecular complexity index is 202. The fourth-order valence-corrected chi connectivity index (χ4v) is 0.419. The van der Waals surface area contributed by atoms with E-state index in [0.717, 1.165) is 12.5 Å². The molecule has 9 heavy (non-hydrogen) atoms. The summed E-state index contributed by atoms with van der Waals surface area (Å²) in [6.45, 7) is 0.213. The molecule has 0 unspecified atom stereocenters. The Morgan fingerprint density at radius 2 is 2.44 bits per heavy atom. The van der Waals surface area contributed by atoms with Gasteiger partial charge in [-0.1, -0.05) is 0 Å². The van der Waals surface area contributed by atoms with Gasteiger partial charge >= 0.3 is 0 Å². The monoisotopic (exact) mass is 128 g/mol. The summed E-state index contributed by atoms with van der Waals surface area (Å²) >= 11 is 0. The minimum Gasteiger partial charge on any atom is -0.502 e. The Labute approximate surface area is 50.7 Å². The summed E-state index contributed by atoms with van der Waals surface area (Å²) in [6.07, 6.45) is 2.20. The molecule has 1 rings (SSSR count). The number of aromatic hydroxyl groups is 1. The van der Waals surface area contributed by atoms with Crippen LogP contribution >= 0.6 is 0 Å². The molecule has 0 fully saturated rings. The quantitative estimate of drug-likeness (QED) is 0.590. The second-order valence-electron chi connectivity index (χ2n) is 1.34. The molecule has 0 spiro atoms. The zero-order valence-corrected chi connectivity index (χ0v) is 4.40. The average molecular weight is 128 g/mol. The van der Waals surface area contributed by atoms with Crippen molar-refractivity contribution in [2.75, 3.05) is 0 Å². The van der Waals surface area contributed by atoms with Crippen molar-refractivity contribution in [1.29, 1.82) is 0 Å². The van der Waals surface area contributed by atoms with Gasteiger partial charge in [0.1, 0.15) is 12.5 Å². The molecule has 0 radical (unpaired) electrons. The highest BCUT2D eigenvalue weighted by Crippen LogP contribution is 2.25. The standard InChI is InChI=1S/C5H4O4/c6-3-9-5-2-8-1-4(5)7/h1-3,7H. The number of furan rings is 1. The molecule has 1 aromatic rings. The summed E-state index contributed by atoms with van der Waals surface area (Å²) in [7, 11) is 0. The lowest BCUT2D eigenvalue weighted by molar-refractivity contribution is -0.120. The molecular weight excluding hydrogens is 124 g/mol. The number of ether oxygens (including phenoxy) is 1. The van der Waals surface area contributed by atoms with Crippen molar-refractivity contribution in [3.8, 4) is 11.5 Å². The predicted molar refractivity (Wildman–Crippen MR) is 27.1 cm³/mol. The lowest BCUT2D eigenvalue weighted by Crippen LogP contribution is -1.84. The van der Waals surface area contributed by atoms with Crippen LogP contribution < -0.4 is 4.74 Å². The van der Waals surface area contributed by atoms with E-state index in [4.69, 9.17) is 5.11 Å². The Balaban J connectivity index is 2.80. The van der Waals surface area contributed by atoms with Gasteiger partial charge in [0.15, 0.2) is 5.75 Å². The van der Waals surface area contributed by atoms with Gasteiger partial charge < -0.3 is 14.3 Å². The van der Waals surface area contributed by atoms with E-state index in [1.807, 2.05) is 0 Å². The molecule has 0 saturated carbocycles. The molecule has 4 heteroatoms. The van der Waals surface area contributed by atoms with Crippen LogP contribution in [0.1, 0.15) is 0 Å². The Morgan fingerprint density at radius 3 is 2.89 bits per heavy atom. The minimum absolute atomic E-state index is 0.0324. The van der Waals surface area contributed by atoms with Crippen molar-refractivity contribution in [2.24, 2.45) is 0 Å². The molecule has 0 bridgehead atoms. The molecule has 1 N–H and O–H groups in total. The summed E-state index contributed by atoms with van der Waals surface area (Å²) < 4.78 is 8.72. The van der Waals surface area contributed by atoms with Crippen LogP contribution in [0.2, 0.25) is 0 Å². The van der Waals surface area contributed by atoms with Crippen molar-refractivity contribution >= 4 is 6.47 Å². The van der Waals surface area contributed by atoms with Gasteiger partial charge in [0.25, 0.3) is 6.47 Å². The summed E-state index contributed by atoms with van der Waals surface area (Å²) in [5, 5.41) is 8.70. The highest BCUT2D eigenvalue weighted by Gasteiger charge is 2.01. The first-order valence-electron chi connectivity index (χ1n) is 2.20. The second-order valence-corrected chi connectivity index (χ2v) is 1.34. The first-order chi connectivity index (χ1) is 4.34. The van der Waals surface area contributed by atoms with Crippen LogP contribution in [0, 0.1) is 0 Å². The second kappa shape index (κ2) is 2.21. The van der Waals surface area contributed by atoms with Crippen molar-refractivity contribution in [2.45, 2.75) is 0 Å². The molecule has 48 valence electrons. The van der Waals surface area contributed by atoms with Crippen LogP contribution in [0.15, 0.2) is 16.9 Å². The van der Waals surface area contributed by atoms with E-state index in [1.54, 1.807) is 0 Å². The van der Waals surface area contributed by atoms with E-state index >= 15 is 0 Å². The van der Waals surface area contributed by atoms with Crippen molar-refractivity contribution in [1.82, 2.24) is 0 Å². The van der Waals surface area contributed by atoms with Gasteiger partial charge in [-0.3, -0.25) is 4.79 Å². The summed E-state index contributed by atoms with van der Waals surface area (Å²) in [5.41, 5.74) is 0. The number of hydrogen-bond acceptors (Lipinski definition) is 4. The molecule has 0 amide bonds. The normalized spacial score (nSPS) is 8.89. The van der Waals surface area contributed by atoms with E-state index in [1.165, 1.54) is 0 Å². The maximum absolute atomic E-state index is 9.65. The third-order valence-electron chi connectivity index (χ3n) is 0.782. The molecule has 4 nitrogen and oxygen atoms in total. The van der Waals surface area contributed by atoms with E-state index in [0.29, 0.717) is 0 Å². The van der Waals surface area contributed by atoms with E-state index in [9.17, 15) is 4.79 Å². The molecule has 1 aromatic heterocycles. The Hall–Kier alpha value is -1.45. The summed E-state index contributed by atoms with van der Waals surface area (Å²) in [5.74, 6) is -0.146. The van der Waals surface area contributed by atoms with E-state index in [-0.39, 0.29) is 18.0 Å². The topological polar surface area (TPSA) is 59.7 Å². The molecular formula is C5H4O4. The molecule has 0 aromatic carbocycles. The molecule has 0 saturated heterocycles. The van der Waals surface area contributed by atoms with Crippen LogP contribution in [-0.4, -0.2) is 11.6 Å². The highest BCUT2D eigenvalue weighted by atomic mass is 16.5. The number of hydrogen-bond donors (Lipinski definition) is 1. The smallest absolute Gasteiger partial charge is 0.298 e. The molecule has 0 aliphatic rings. The first-order valence-corrected chi connectivity index (χ1v) is 2.20. The molecule has 0 aliphatic heterocycles. The maximum atomic E-state index is 9.65. The van der Waals surface area contributed by atoms with Crippen LogP contribution in [0.4, 0.5) is 0 Å². The summed E-state index contributed by atoms with van der Waals surface area (Å²) in [6, 6.07) is 0. The SMILES string of the molecule is O=COc1cocc1O.